The highest BCUT2D eigenvalue weighted by Gasteiger charge is 2.10. The molecule has 0 bridgehead atoms. The molecule has 0 amide bonds. The Morgan fingerprint density at radius 3 is 2.57 bits per heavy atom. The number of anilines is 1. The van der Waals surface area contributed by atoms with Crippen LogP contribution >= 0.6 is 11.6 Å². The van der Waals surface area contributed by atoms with E-state index in [0.717, 1.165) is 37.6 Å². The van der Waals surface area contributed by atoms with Crippen LogP contribution in [0, 0.1) is 0 Å². The van der Waals surface area contributed by atoms with Crippen molar-refractivity contribution < 1.29 is 9.47 Å². The molecule has 1 aliphatic rings. The van der Waals surface area contributed by atoms with Gasteiger partial charge in [0.1, 0.15) is 11.4 Å². The van der Waals surface area contributed by atoms with Gasteiger partial charge in [0.2, 0.25) is 0 Å². The van der Waals surface area contributed by atoms with E-state index < -0.39 is 0 Å². The summed E-state index contributed by atoms with van der Waals surface area (Å²) in [6.45, 7) is 3.45. The SMILES string of the molecule is COc1ccc(Cl)cc1N=Cc1ccc(N2CCOCC2)cc1. The summed E-state index contributed by atoms with van der Waals surface area (Å²) >= 11 is 6.02. The molecular formula is C18H19ClN2O2. The monoisotopic (exact) mass is 330 g/mol. The first-order chi connectivity index (χ1) is 11.3. The maximum atomic E-state index is 6.02. The van der Waals surface area contributed by atoms with E-state index in [4.69, 9.17) is 21.1 Å². The number of halogens is 1. The van der Waals surface area contributed by atoms with Crippen LogP contribution in [-0.4, -0.2) is 39.6 Å². The molecule has 0 aliphatic carbocycles. The van der Waals surface area contributed by atoms with Crippen LogP contribution in [0.25, 0.3) is 0 Å². The zero-order valence-corrected chi connectivity index (χ0v) is 13.8. The number of nitrogens with zero attached hydrogens (tertiary/aromatic N) is 2. The Labute approximate surface area is 141 Å². The van der Waals surface area contributed by atoms with E-state index in [9.17, 15) is 0 Å². The third-order valence-corrected chi connectivity index (χ3v) is 4.00. The van der Waals surface area contributed by atoms with Crippen molar-refractivity contribution in [2.45, 2.75) is 0 Å². The van der Waals surface area contributed by atoms with Crippen LogP contribution < -0.4 is 9.64 Å². The molecule has 5 heteroatoms. The molecule has 0 N–H and O–H groups in total. The maximum Gasteiger partial charge on any atom is 0.144 e. The summed E-state index contributed by atoms with van der Waals surface area (Å²) in [5.74, 6) is 0.704. The standard InChI is InChI=1S/C18H19ClN2O2/c1-22-18-7-4-15(19)12-17(18)20-13-14-2-5-16(6-3-14)21-8-10-23-11-9-21/h2-7,12-13H,8-11H2,1H3. The Kier molecular flexibility index (Phi) is 5.16. The molecule has 1 saturated heterocycles. The Balaban J connectivity index is 1.74. The van der Waals surface area contributed by atoms with Crippen molar-refractivity contribution in [3.63, 3.8) is 0 Å². The van der Waals surface area contributed by atoms with E-state index in [1.807, 2.05) is 12.3 Å². The molecular weight excluding hydrogens is 312 g/mol. The Bertz CT molecular complexity index is 680. The van der Waals surface area contributed by atoms with Gasteiger partial charge < -0.3 is 14.4 Å². The average Bonchev–Trinajstić information content (AvgIpc) is 2.61. The van der Waals surface area contributed by atoms with E-state index in [1.165, 1.54) is 5.69 Å². The Morgan fingerprint density at radius 1 is 1.13 bits per heavy atom. The molecule has 1 heterocycles. The van der Waals surface area contributed by atoms with Crippen LogP contribution in [0.4, 0.5) is 11.4 Å². The van der Waals surface area contributed by atoms with Crippen LogP contribution in [0.15, 0.2) is 47.5 Å². The highest BCUT2D eigenvalue weighted by molar-refractivity contribution is 6.30. The molecule has 0 aromatic heterocycles. The molecule has 0 atom stereocenters. The summed E-state index contributed by atoms with van der Waals surface area (Å²) in [5, 5.41) is 0.639. The smallest absolute Gasteiger partial charge is 0.144 e. The van der Waals surface area contributed by atoms with Gasteiger partial charge in [-0.05, 0) is 35.9 Å². The quantitative estimate of drug-likeness (QED) is 0.796. The molecule has 2 aromatic carbocycles. The molecule has 0 radical (unpaired) electrons. The van der Waals surface area contributed by atoms with Gasteiger partial charge in [-0.25, -0.2) is 0 Å². The van der Waals surface area contributed by atoms with Gasteiger partial charge in [0.15, 0.2) is 0 Å². The average molecular weight is 331 g/mol. The third kappa shape index (κ3) is 4.03. The van der Waals surface area contributed by atoms with Gasteiger partial charge in [-0.2, -0.15) is 0 Å². The van der Waals surface area contributed by atoms with Gasteiger partial charge in [0.25, 0.3) is 0 Å². The topological polar surface area (TPSA) is 34.1 Å². The van der Waals surface area contributed by atoms with E-state index in [0.29, 0.717) is 10.8 Å². The molecule has 3 rings (SSSR count). The summed E-state index contributed by atoms with van der Waals surface area (Å²) in [6, 6.07) is 13.7. The van der Waals surface area contributed by atoms with Crippen LogP contribution in [-0.2, 0) is 4.74 Å². The number of ether oxygens (including phenoxy) is 2. The van der Waals surface area contributed by atoms with E-state index in [2.05, 4.69) is 34.2 Å². The number of benzene rings is 2. The fourth-order valence-electron chi connectivity index (χ4n) is 2.50. The van der Waals surface area contributed by atoms with Gasteiger partial charge in [0, 0.05) is 30.0 Å². The van der Waals surface area contributed by atoms with Gasteiger partial charge >= 0.3 is 0 Å². The summed E-state index contributed by atoms with van der Waals surface area (Å²) in [5.41, 5.74) is 2.96. The van der Waals surface area contributed by atoms with Gasteiger partial charge in [-0.15, -0.1) is 0 Å². The fourth-order valence-corrected chi connectivity index (χ4v) is 2.67. The molecule has 0 saturated carbocycles. The molecule has 2 aromatic rings. The lowest BCUT2D eigenvalue weighted by Crippen LogP contribution is -2.36. The number of rotatable bonds is 4. The zero-order chi connectivity index (χ0) is 16.1. The second kappa shape index (κ2) is 7.49. The minimum absolute atomic E-state index is 0.639. The highest BCUT2D eigenvalue weighted by Crippen LogP contribution is 2.30. The number of methoxy groups -OCH3 is 1. The zero-order valence-electron chi connectivity index (χ0n) is 13.0. The van der Waals surface area contributed by atoms with E-state index >= 15 is 0 Å². The first kappa shape index (κ1) is 15.8. The minimum atomic E-state index is 0.639. The van der Waals surface area contributed by atoms with Gasteiger partial charge in [-0.1, -0.05) is 23.7 Å². The number of aliphatic imine (C=N–C) groups is 1. The van der Waals surface area contributed by atoms with Crippen molar-refractivity contribution in [1.29, 1.82) is 0 Å². The predicted molar refractivity (Wildman–Crippen MR) is 94.7 cm³/mol. The normalized spacial score (nSPS) is 15.1. The summed E-state index contributed by atoms with van der Waals surface area (Å²) in [6.07, 6.45) is 1.82. The van der Waals surface area contributed by atoms with Gasteiger partial charge in [0.05, 0.1) is 20.3 Å². The van der Waals surface area contributed by atoms with Crippen LogP contribution in [0.2, 0.25) is 5.02 Å². The molecule has 23 heavy (non-hydrogen) atoms. The number of hydrogen-bond acceptors (Lipinski definition) is 4. The third-order valence-electron chi connectivity index (χ3n) is 3.76. The van der Waals surface area contributed by atoms with Crippen LogP contribution in [0.3, 0.4) is 0 Å². The van der Waals surface area contributed by atoms with Crippen molar-refractivity contribution in [2.75, 3.05) is 38.3 Å². The first-order valence-electron chi connectivity index (χ1n) is 7.56. The Hall–Kier alpha value is -2.04. The minimum Gasteiger partial charge on any atom is -0.494 e. The predicted octanol–water partition coefficient (Wildman–Crippen LogP) is 3.94. The van der Waals surface area contributed by atoms with Crippen LogP contribution in [0.5, 0.6) is 5.75 Å². The molecule has 120 valence electrons. The van der Waals surface area contributed by atoms with Crippen molar-refractivity contribution in [3.8, 4) is 5.75 Å². The fraction of sp³-hybridized carbons (Fsp3) is 0.278. The highest BCUT2D eigenvalue weighted by atomic mass is 35.5. The maximum absolute atomic E-state index is 6.02. The van der Waals surface area contributed by atoms with Crippen LogP contribution in [0.1, 0.15) is 5.56 Å². The Morgan fingerprint density at radius 2 is 1.87 bits per heavy atom. The molecule has 0 unspecified atom stereocenters. The van der Waals surface area contributed by atoms with Crippen molar-refractivity contribution >= 4 is 29.2 Å². The van der Waals surface area contributed by atoms with Crippen molar-refractivity contribution in [3.05, 3.63) is 53.1 Å². The summed E-state index contributed by atoms with van der Waals surface area (Å²) in [4.78, 5) is 6.81. The lowest BCUT2D eigenvalue weighted by atomic mass is 10.2. The first-order valence-corrected chi connectivity index (χ1v) is 7.94. The number of hydrogen-bond donors (Lipinski definition) is 0. The lowest BCUT2D eigenvalue weighted by Gasteiger charge is -2.28. The molecule has 1 aliphatic heterocycles. The summed E-state index contributed by atoms with van der Waals surface area (Å²) in [7, 11) is 1.62. The van der Waals surface area contributed by atoms with Gasteiger partial charge in [-0.3, -0.25) is 4.99 Å². The molecule has 4 nitrogen and oxygen atoms in total. The number of morpholine rings is 1. The van der Waals surface area contributed by atoms with Crippen molar-refractivity contribution in [2.24, 2.45) is 4.99 Å². The summed E-state index contributed by atoms with van der Waals surface area (Å²) < 4.78 is 10.7. The lowest BCUT2D eigenvalue weighted by molar-refractivity contribution is 0.122. The van der Waals surface area contributed by atoms with E-state index in [-0.39, 0.29) is 0 Å². The second-order valence-electron chi connectivity index (χ2n) is 5.27. The second-order valence-corrected chi connectivity index (χ2v) is 5.70. The van der Waals surface area contributed by atoms with E-state index in [1.54, 1.807) is 19.2 Å². The largest absolute Gasteiger partial charge is 0.494 e. The van der Waals surface area contributed by atoms with Crippen molar-refractivity contribution in [1.82, 2.24) is 0 Å². The molecule has 1 fully saturated rings. The molecule has 0 spiro atoms.